The number of carbonyl (C=O) groups is 2. The Morgan fingerprint density at radius 2 is 1.76 bits per heavy atom. The Morgan fingerprint density at radius 3 is 2.29 bits per heavy atom. The van der Waals surface area contributed by atoms with E-state index in [9.17, 15) is 9.59 Å². The fourth-order valence-electron chi connectivity index (χ4n) is 1.77. The van der Waals surface area contributed by atoms with Crippen molar-refractivity contribution < 1.29 is 14.3 Å². The summed E-state index contributed by atoms with van der Waals surface area (Å²) < 4.78 is 5.19. The van der Waals surface area contributed by atoms with Gasteiger partial charge in [0.15, 0.2) is 11.9 Å². The Balaban J connectivity index is 2.56. The fraction of sp³-hybridized carbons (Fsp3) is 0.294. The number of ether oxygens (including phenoxy) is 1. The number of rotatable bonds is 8. The van der Waals surface area contributed by atoms with Crippen LogP contribution in [0.25, 0.3) is 0 Å². The molecule has 0 heterocycles. The number of Topliss-reactive ketones (excluding diaryl/α,β-unsaturated/α-hetero) is 1. The van der Waals surface area contributed by atoms with Crippen molar-refractivity contribution in [1.82, 2.24) is 4.90 Å². The summed E-state index contributed by atoms with van der Waals surface area (Å²) in [6.07, 6.45) is 2.12. The van der Waals surface area contributed by atoms with Gasteiger partial charge in [-0.3, -0.25) is 4.79 Å². The Morgan fingerprint density at radius 1 is 1.19 bits per heavy atom. The topological polar surface area (TPSA) is 46.6 Å². The first-order valence-corrected chi connectivity index (χ1v) is 6.82. The molecule has 0 aromatic heterocycles. The van der Waals surface area contributed by atoms with Gasteiger partial charge in [0.05, 0.1) is 0 Å². The second-order valence-corrected chi connectivity index (χ2v) is 4.64. The summed E-state index contributed by atoms with van der Waals surface area (Å²) >= 11 is 0. The predicted octanol–water partition coefficient (Wildman–Crippen LogP) is 3.00. The lowest BCUT2D eigenvalue weighted by Gasteiger charge is -2.21. The lowest BCUT2D eigenvalue weighted by Crippen LogP contribution is -2.36. The third kappa shape index (κ3) is 5.65. The van der Waals surface area contributed by atoms with Crippen LogP contribution in [0.15, 0.2) is 55.6 Å². The van der Waals surface area contributed by atoms with Crippen LogP contribution in [0.2, 0.25) is 0 Å². The highest BCUT2D eigenvalue weighted by atomic mass is 16.6. The average Bonchev–Trinajstić information content (AvgIpc) is 2.47. The standard InChI is InChI=1S/C17H21NO3/c1-4-11-18(12-5-2)17(20)21-14(3)16(19)13-15-9-7-6-8-10-15/h4-10,14H,1-2,11-13H2,3H3. The molecule has 1 unspecified atom stereocenters. The summed E-state index contributed by atoms with van der Waals surface area (Å²) in [6.45, 7) is 9.46. The van der Waals surface area contributed by atoms with Gasteiger partial charge in [0.25, 0.3) is 0 Å². The summed E-state index contributed by atoms with van der Waals surface area (Å²) in [4.78, 5) is 25.4. The van der Waals surface area contributed by atoms with Crippen LogP contribution in [0, 0.1) is 0 Å². The molecule has 1 atom stereocenters. The highest BCUT2D eigenvalue weighted by molar-refractivity contribution is 5.86. The first kappa shape index (κ1) is 16.7. The summed E-state index contributed by atoms with van der Waals surface area (Å²) in [7, 11) is 0. The lowest BCUT2D eigenvalue weighted by atomic mass is 10.1. The molecule has 0 saturated heterocycles. The second kappa shape index (κ2) is 8.74. The highest BCUT2D eigenvalue weighted by Gasteiger charge is 2.21. The van der Waals surface area contributed by atoms with Crippen LogP contribution in [0.3, 0.4) is 0 Å². The van der Waals surface area contributed by atoms with Crippen LogP contribution in [0.5, 0.6) is 0 Å². The van der Waals surface area contributed by atoms with E-state index in [2.05, 4.69) is 13.2 Å². The third-order valence-corrected chi connectivity index (χ3v) is 2.91. The van der Waals surface area contributed by atoms with Crippen molar-refractivity contribution >= 4 is 11.9 Å². The Bertz CT molecular complexity index is 486. The van der Waals surface area contributed by atoms with E-state index < -0.39 is 12.2 Å². The van der Waals surface area contributed by atoms with Crippen LogP contribution in [0.4, 0.5) is 4.79 Å². The number of benzene rings is 1. The number of nitrogens with zero attached hydrogens (tertiary/aromatic N) is 1. The predicted molar refractivity (Wildman–Crippen MR) is 83.1 cm³/mol. The zero-order valence-electron chi connectivity index (χ0n) is 12.3. The Hall–Kier alpha value is -2.36. The summed E-state index contributed by atoms with van der Waals surface area (Å²) in [5, 5.41) is 0. The van der Waals surface area contributed by atoms with Crippen molar-refractivity contribution in [2.45, 2.75) is 19.4 Å². The average molecular weight is 287 g/mol. The normalized spacial score (nSPS) is 11.3. The van der Waals surface area contributed by atoms with E-state index in [1.807, 2.05) is 30.3 Å². The molecule has 4 nitrogen and oxygen atoms in total. The number of hydrogen-bond acceptors (Lipinski definition) is 3. The van der Waals surface area contributed by atoms with Crippen molar-refractivity contribution in [1.29, 1.82) is 0 Å². The van der Waals surface area contributed by atoms with E-state index in [0.717, 1.165) is 5.56 Å². The summed E-state index contributed by atoms with van der Waals surface area (Å²) in [6, 6.07) is 9.37. The van der Waals surface area contributed by atoms with E-state index in [4.69, 9.17) is 4.74 Å². The number of ketones is 1. The van der Waals surface area contributed by atoms with Gasteiger partial charge in [-0.25, -0.2) is 4.79 Å². The minimum atomic E-state index is -0.783. The minimum Gasteiger partial charge on any atom is -0.438 e. The molecule has 0 aliphatic carbocycles. The third-order valence-electron chi connectivity index (χ3n) is 2.91. The molecule has 21 heavy (non-hydrogen) atoms. The molecule has 112 valence electrons. The van der Waals surface area contributed by atoms with Crippen LogP contribution < -0.4 is 0 Å². The van der Waals surface area contributed by atoms with Crippen molar-refractivity contribution in [3.63, 3.8) is 0 Å². The Labute approximate surface area is 125 Å². The maximum Gasteiger partial charge on any atom is 0.411 e. The molecule has 0 bridgehead atoms. The van der Waals surface area contributed by atoms with Crippen molar-refractivity contribution in [2.24, 2.45) is 0 Å². The molecule has 0 N–H and O–H groups in total. The largest absolute Gasteiger partial charge is 0.438 e. The maximum absolute atomic E-state index is 12.1. The van der Waals surface area contributed by atoms with Gasteiger partial charge < -0.3 is 9.64 Å². The van der Waals surface area contributed by atoms with Crippen LogP contribution in [0.1, 0.15) is 12.5 Å². The van der Waals surface area contributed by atoms with Crippen LogP contribution in [-0.4, -0.2) is 36.0 Å². The molecule has 1 aromatic carbocycles. The van der Waals surface area contributed by atoms with E-state index in [1.165, 1.54) is 4.90 Å². The van der Waals surface area contributed by atoms with Crippen LogP contribution in [-0.2, 0) is 16.0 Å². The number of amides is 1. The summed E-state index contributed by atoms with van der Waals surface area (Å²) in [5.74, 6) is -0.133. The first-order chi connectivity index (χ1) is 10.1. The van der Waals surface area contributed by atoms with Gasteiger partial charge in [-0.15, -0.1) is 13.2 Å². The molecule has 1 aromatic rings. The smallest absolute Gasteiger partial charge is 0.411 e. The number of carbonyl (C=O) groups excluding carboxylic acids is 2. The highest BCUT2D eigenvalue weighted by Crippen LogP contribution is 2.06. The van der Waals surface area contributed by atoms with Crippen molar-refractivity contribution in [2.75, 3.05) is 13.1 Å². The molecular weight excluding hydrogens is 266 g/mol. The van der Waals surface area contributed by atoms with Crippen molar-refractivity contribution in [3.05, 3.63) is 61.2 Å². The quantitative estimate of drug-likeness (QED) is 0.690. The second-order valence-electron chi connectivity index (χ2n) is 4.64. The number of hydrogen-bond donors (Lipinski definition) is 0. The lowest BCUT2D eigenvalue weighted by molar-refractivity contribution is -0.126. The molecule has 1 amide bonds. The fourth-order valence-corrected chi connectivity index (χ4v) is 1.77. The molecule has 0 radical (unpaired) electrons. The molecule has 0 aliphatic rings. The van der Waals surface area contributed by atoms with Gasteiger partial charge in [0.1, 0.15) is 0 Å². The molecule has 4 heteroatoms. The molecule has 1 rings (SSSR count). The molecular formula is C17H21NO3. The Kier molecular flexibility index (Phi) is 6.95. The van der Waals surface area contributed by atoms with Gasteiger partial charge in [-0.05, 0) is 12.5 Å². The van der Waals surface area contributed by atoms with E-state index >= 15 is 0 Å². The molecule has 0 aliphatic heterocycles. The molecule has 0 saturated carbocycles. The minimum absolute atomic E-state index is 0.133. The molecule has 0 spiro atoms. The van der Waals surface area contributed by atoms with Crippen molar-refractivity contribution in [3.8, 4) is 0 Å². The van der Waals surface area contributed by atoms with Gasteiger partial charge in [0, 0.05) is 19.5 Å². The van der Waals surface area contributed by atoms with E-state index in [1.54, 1.807) is 19.1 Å². The zero-order chi connectivity index (χ0) is 15.7. The summed E-state index contributed by atoms with van der Waals surface area (Å²) in [5.41, 5.74) is 0.902. The van der Waals surface area contributed by atoms with E-state index in [-0.39, 0.29) is 12.2 Å². The van der Waals surface area contributed by atoms with Gasteiger partial charge in [0.2, 0.25) is 0 Å². The van der Waals surface area contributed by atoms with E-state index in [0.29, 0.717) is 13.1 Å². The van der Waals surface area contributed by atoms with Gasteiger partial charge in [-0.2, -0.15) is 0 Å². The maximum atomic E-state index is 12.1. The zero-order valence-corrected chi connectivity index (χ0v) is 12.3. The van der Waals surface area contributed by atoms with Gasteiger partial charge in [-0.1, -0.05) is 42.5 Å². The van der Waals surface area contributed by atoms with Gasteiger partial charge >= 0.3 is 6.09 Å². The SMILES string of the molecule is C=CCN(CC=C)C(=O)OC(C)C(=O)Cc1ccccc1. The molecule has 0 fully saturated rings. The van der Waals surface area contributed by atoms with Crippen LogP contribution >= 0.6 is 0 Å². The first-order valence-electron chi connectivity index (χ1n) is 6.82. The monoisotopic (exact) mass is 287 g/mol.